The lowest BCUT2D eigenvalue weighted by molar-refractivity contribution is 0.0554. The molecule has 0 saturated heterocycles. The van der Waals surface area contributed by atoms with Gasteiger partial charge in [0, 0.05) is 0 Å². The van der Waals surface area contributed by atoms with Gasteiger partial charge in [-0.1, -0.05) is 138 Å². The van der Waals surface area contributed by atoms with Gasteiger partial charge in [-0.05, 0) is 6.42 Å². The fourth-order valence-electron chi connectivity index (χ4n) is 2.99. The number of hydrogen-bond donors (Lipinski definition) is 0. The molecule has 3 nitrogen and oxygen atoms in total. The van der Waals surface area contributed by atoms with Crippen molar-refractivity contribution < 1.29 is 14.3 Å². The first-order chi connectivity index (χ1) is 13.0. The Hall–Kier alpha value is 0.140. The van der Waals surface area contributed by atoms with Gasteiger partial charge in [-0.25, -0.2) is 4.79 Å². The fourth-order valence-corrected chi connectivity index (χ4v) is 3.15. The molecular formula is C21H39Cl3O3. The molecule has 0 N–H and O–H groups in total. The number of alkyl halides is 3. The smallest absolute Gasteiger partial charge is 0.434 e. The van der Waals surface area contributed by atoms with E-state index in [1.54, 1.807) is 0 Å². The summed E-state index contributed by atoms with van der Waals surface area (Å²) in [7, 11) is 0. The van der Waals surface area contributed by atoms with Crippen LogP contribution in [-0.2, 0) is 9.47 Å². The second-order valence-corrected chi connectivity index (χ2v) is 9.82. The van der Waals surface area contributed by atoms with Crippen molar-refractivity contribution in [2.24, 2.45) is 0 Å². The molecule has 0 unspecified atom stereocenters. The molecule has 0 radical (unpaired) electrons. The second-order valence-electron chi connectivity index (χ2n) is 7.31. The first-order valence-electron chi connectivity index (χ1n) is 10.8. The van der Waals surface area contributed by atoms with Crippen molar-refractivity contribution in [1.82, 2.24) is 0 Å². The van der Waals surface area contributed by atoms with Gasteiger partial charge in [-0.2, -0.15) is 0 Å². The summed E-state index contributed by atoms with van der Waals surface area (Å²) in [5, 5.41) is 0. The molecule has 0 aromatic rings. The van der Waals surface area contributed by atoms with Crippen molar-refractivity contribution in [3.63, 3.8) is 0 Å². The minimum atomic E-state index is -1.59. The summed E-state index contributed by atoms with van der Waals surface area (Å²) in [5.41, 5.74) is 0. The topological polar surface area (TPSA) is 35.5 Å². The lowest BCUT2D eigenvalue weighted by Gasteiger charge is -2.11. The summed E-state index contributed by atoms with van der Waals surface area (Å²) >= 11 is 16.4. The normalized spacial score (nSPS) is 11.6. The number of carbonyl (C=O) groups excluding carboxylic acids is 1. The molecule has 0 heterocycles. The Labute approximate surface area is 181 Å². The van der Waals surface area contributed by atoms with Gasteiger partial charge in [-0.15, -0.1) is 0 Å². The Balaban J connectivity index is 3.14. The van der Waals surface area contributed by atoms with Crippen LogP contribution in [0.1, 0.15) is 110 Å². The highest BCUT2D eigenvalue weighted by atomic mass is 35.6. The number of hydrogen-bond acceptors (Lipinski definition) is 3. The maximum Gasteiger partial charge on any atom is 0.508 e. The minimum absolute atomic E-state index is 0.296. The van der Waals surface area contributed by atoms with E-state index in [-0.39, 0.29) is 6.61 Å². The molecule has 0 bridgehead atoms. The van der Waals surface area contributed by atoms with E-state index in [9.17, 15) is 4.79 Å². The predicted molar refractivity (Wildman–Crippen MR) is 117 cm³/mol. The van der Waals surface area contributed by atoms with Crippen molar-refractivity contribution in [3.05, 3.63) is 0 Å². The van der Waals surface area contributed by atoms with Gasteiger partial charge in [-0.3, -0.25) is 0 Å². The predicted octanol–water partition coefficient (Wildman–Crippen LogP) is 8.77. The number of carbonyl (C=O) groups is 1. The first-order valence-corrected chi connectivity index (χ1v) is 12.0. The third-order valence-corrected chi connectivity index (χ3v) is 4.90. The summed E-state index contributed by atoms with van der Waals surface area (Å²) in [5.74, 6) is 0. The van der Waals surface area contributed by atoms with Crippen LogP contribution in [0.15, 0.2) is 0 Å². The molecule has 0 spiro atoms. The molecule has 0 aromatic carbocycles. The summed E-state index contributed by atoms with van der Waals surface area (Å²) in [6.07, 6.45) is 20.2. The van der Waals surface area contributed by atoms with Gasteiger partial charge in [0.05, 0.1) is 6.61 Å². The van der Waals surface area contributed by atoms with Crippen LogP contribution in [0.3, 0.4) is 0 Å². The van der Waals surface area contributed by atoms with Crippen molar-refractivity contribution in [2.45, 2.75) is 113 Å². The van der Waals surface area contributed by atoms with Gasteiger partial charge < -0.3 is 9.47 Å². The Morgan fingerprint density at radius 2 is 1.00 bits per heavy atom. The molecule has 0 aliphatic carbocycles. The third kappa shape index (κ3) is 24.1. The average molecular weight is 446 g/mol. The molecule has 0 fully saturated rings. The van der Waals surface area contributed by atoms with Crippen LogP contribution in [0.4, 0.5) is 4.79 Å². The Morgan fingerprint density at radius 3 is 1.37 bits per heavy atom. The lowest BCUT2D eigenvalue weighted by atomic mass is 10.0. The van der Waals surface area contributed by atoms with Gasteiger partial charge in [0.25, 0.3) is 0 Å². The zero-order valence-electron chi connectivity index (χ0n) is 17.1. The van der Waals surface area contributed by atoms with E-state index in [0.29, 0.717) is 6.61 Å². The van der Waals surface area contributed by atoms with Crippen molar-refractivity contribution in [1.29, 1.82) is 0 Å². The van der Waals surface area contributed by atoms with Crippen LogP contribution < -0.4 is 0 Å². The fraction of sp³-hybridized carbons (Fsp3) is 0.952. The van der Waals surface area contributed by atoms with E-state index in [4.69, 9.17) is 39.5 Å². The molecule has 27 heavy (non-hydrogen) atoms. The molecular weight excluding hydrogens is 407 g/mol. The number of ether oxygens (including phenoxy) is 2. The summed E-state index contributed by atoms with van der Waals surface area (Å²) in [6.45, 7) is 2.33. The van der Waals surface area contributed by atoms with Crippen LogP contribution in [0.25, 0.3) is 0 Å². The van der Waals surface area contributed by atoms with Crippen LogP contribution in [0, 0.1) is 0 Å². The lowest BCUT2D eigenvalue weighted by Crippen LogP contribution is -2.18. The van der Waals surface area contributed by atoms with E-state index in [1.165, 1.54) is 89.9 Å². The summed E-state index contributed by atoms with van der Waals surface area (Å²) in [6, 6.07) is 0. The van der Waals surface area contributed by atoms with E-state index in [2.05, 4.69) is 11.7 Å². The highest BCUT2D eigenvalue weighted by Gasteiger charge is 2.22. The third-order valence-electron chi connectivity index (χ3n) is 4.57. The second kappa shape index (κ2) is 19.5. The molecule has 0 rings (SSSR count). The Kier molecular flexibility index (Phi) is 19.6. The Morgan fingerprint density at radius 1 is 0.630 bits per heavy atom. The van der Waals surface area contributed by atoms with Crippen molar-refractivity contribution in [3.8, 4) is 0 Å². The monoisotopic (exact) mass is 444 g/mol. The van der Waals surface area contributed by atoms with E-state index >= 15 is 0 Å². The zero-order chi connectivity index (χ0) is 20.2. The van der Waals surface area contributed by atoms with E-state index in [1.807, 2.05) is 0 Å². The molecule has 162 valence electrons. The molecule has 0 aliphatic rings. The van der Waals surface area contributed by atoms with Gasteiger partial charge in [0.2, 0.25) is 3.79 Å². The minimum Gasteiger partial charge on any atom is -0.434 e. The Bertz CT molecular complexity index is 333. The van der Waals surface area contributed by atoms with Crippen LogP contribution >= 0.6 is 34.8 Å². The van der Waals surface area contributed by atoms with E-state index in [0.717, 1.165) is 12.8 Å². The maximum atomic E-state index is 11.2. The van der Waals surface area contributed by atoms with Crippen molar-refractivity contribution >= 4 is 41.0 Å². The molecule has 0 saturated carbocycles. The number of rotatable bonds is 18. The van der Waals surface area contributed by atoms with E-state index < -0.39 is 9.95 Å². The first kappa shape index (κ1) is 27.1. The number of unbranched alkanes of at least 4 members (excludes halogenated alkanes) is 15. The zero-order valence-corrected chi connectivity index (χ0v) is 19.4. The number of halogens is 3. The van der Waals surface area contributed by atoms with Gasteiger partial charge >= 0.3 is 6.16 Å². The SMILES string of the molecule is CCCCCCCCCCCCCCCCCCOC(=O)OCC(Cl)(Cl)Cl. The van der Waals surface area contributed by atoms with Gasteiger partial charge in [0.1, 0.15) is 6.61 Å². The average Bonchev–Trinajstić information content (AvgIpc) is 2.62. The molecule has 0 amide bonds. The maximum absolute atomic E-state index is 11.2. The van der Waals surface area contributed by atoms with Crippen LogP contribution in [0.2, 0.25) is 0 Å². The highest BCUT2D eigenvalue weighted by molar-refractivity contribution is 6.67. The molecule has 0 aromatic heterocycles. The summed E-state index contributed by atoms with van der Waals surface area (Å²) in [4.78, 5) is 11.2. The largest absolute Gasteiger partial charge is 0.508 e. The molecule has 0 atom stereocenters. The quantitative estimate of drug-likeness (QED) is 0.120. The molecule has 0 aliphatic heterocycles. The van der Waals surface area contributed by atoms with Crippen molar-refractivity contribution in [2.75, 3.05) is 13.2 Å². The van der Waals surface area contributed by atoms with Crippen LogP contribution in [-0.4, -0.2) is 23.2 Å². The van der Waals surface area contributed by atoms with Gasteiger partial charge in [0.15, 0.2) is 0 Å². The van der Waals surface area contributed by atoms with Crippen LogP contribution in [0.5, 0.6) is 0 Å². The highest BCUT2D eigenvalue weighted by Crippen LogP contribution is 2.26. The summed E-state index contributed by atoms with van der Waals surface area (Å²) < 4.78 is 8.01. The molecule has 6 heteroatoms. The standard InChI is InChI=1S/C21H39Cl3O3/c1-2-3-4-5-6-7-8-9-10-11-12-13-14-15-16-17-18-26-20(25)27-19-21(22,23)24/h2-19H2,1H3.